The monoisotopic (exact) mass is 350 g/mol. The highest BCUT2D eigenvalue weighted by Gasteiger charge is 2.44. The molecule has 0 saturated heterocycles. The van der Waals surface area contributed by atoms with Crippen LogP contribution in [0, 0.1) is 17.2 Å². The average Bonchev–Trinajstić information content (AvgIpc) is 3.35. The Morgan fingerprint density at radius 3 is 2.64 bits per heavy atom. The summed E-state index contributed by atoms with van der Waals surface area (Å²) < 4.78 is 0. The van der Waals surface area contributed by atoms with Crippen molar-refractivity contribution in [2.75, 3.05) is 5.32 Å². The van der Waals surface area contributed by atoms with Crippen LogP contribution in [-0.4, -0.2) is 5.91 Å². The summed E-state index contributed by atoms with van der Waals surface area (Å²) in [5.41, 5.74) is 3.15. The lowest BCUT2D eigenvalue weighted by atomic mass is 9.97. The molecule has 0 unspecified atom stereocenters. The van der Waals surface area contributed by atoms with Crippen molar-refractivity contribution in [3.8, 4) is 6.07 Å². The molecule has 1 aromatic heterocycles. The van der Waals surface area contributed by atoms with Gasteiger partial charge in [0.05, 0.1) is 5.56 Å². The van der Waals surface area contributed by atoms with Gasteiger partial charge < -0.3 is 5.32 Å². The molecular formula is C21H22N2OS. The van der Waals surface area contributed by atoms with Crippen molar-refractivity contribution in [1.29, 1.82) is 5.26 Å². The summed E-state index contributed by atoms with van der Waals surface area (Å²) in [4.78, 5) is 14.0. The van der Waals surface area contributed by atoms with E-state index in [0.717, 1.165) is 30.7 Å². The van der Waals surface area contributed by atoms with Crippen LogP contribution in [0.3, 0.4) is 0 Å². The molecule has 2 atom stereocenters. The van der Waals surface area contributed by atoms with Gasteiger partial charge in [0.1, 0.15) is 11.1 Å². The second kappa shape index (κ2) is 7.01. The molecule has 4 heteroatoms. The van der Waals surface area contributed by atoms with Gasteiger partial charge in [0.15, 0.2) is 0 Å². The number of anilines is 1. The molecule has 1 heterocycles. The first kappa shape index (κ1) is 16.4. The first-order valence-corrected chi connectivity index (χ1v) is 10.00. The van der Waals surface area contributed by atoms with Crippen LogP contribution in [-0.2, 0) is 17.6 Å². The van der Waals surface area contributed by atoms with Crippen LogP contribution in [0.4, 0.5) is 5.00 Å². The van der Waals surface area contributed by atoms with Crippen LogP contribution < -0.4 is 5.32 Å². The fourth-order valence-electron chi connectivity index (χ4n) is 3.88. The Morgan fingerprint density at radius 2 is 1.88 bits per heavy atom. The van der Waals surface area contributed by atoms with Gasteiger partial charge in [-0.05, 0) is 49.1 Å². The maximum Gasteiger partial charge on any atom is 0.228 e. The summed E-state index contributed by atoms with van der Waals surface area (Å²) in [5, 5.41) is 13.5. The summed E-state index contributed by atoms with van der Waals surface area (Å²) in [6.45, 7) is 0. The van der Waals surface area contributed by atoms with Crippen LogP contribution in [0.25, 0.3) is 0 Å². The van der Waals surface area contributed by atoms with Gasteiger partial charge in [0.25, 0.3) is 0 Å². The molecule has 1 saturated carbocycles. The molecule has 2 aliphatic rings. The number of hydrogen-bond acceptors (Lipinski definition) is 3. The van der Waals surface area contributed by atoms with E-state index >= 15 is 0 Å². The van der Waals surface area contributed by atoms with Crippen molar-refractivity contribution in [3.63, 3.8) is 0 Å². The van der Waals surface area contributed by atoms with Crippen molar-refractivity contribution < 1.29 is 4.79 Å². The van der Waals surface area contributed by atoms with Gasteiger partial charge in [-0.15, -0.1) is 11.3 Å². The topological polar surface area (TPSA) is 52.9 Å². The molecule has 0 spiro atoms. The highest BCUT2D eigenvalue weighted by molar-refractivity contribution is 7.16. The number of carbonyl (C=O) groups is 1. The number of nitrogens with one attached hydrogen (secondary N) is 1. The van der Waals surface area contributed by atoms with Crippen LogP contribution in [0.5, 0.6) is 0 Å². The van der Waals surface area contributed by atoms with Gasteiger partial charge in [-0.25, -0.2) is 0 Å². The number of benzene rings is 1. The molecule has 3 nitrogen and oxygen atoms in total. The van der Waals surface area contributed by atoms with E-state index in [1.807, 2.05) is 18.2 Å². The Morgan fingerprint density at radius 1 is 1.12 bits per heavy atom. The fraction of sp³-hybridized carbons (Fsp3) is 0.429. The molecular weight excluding hydrogens is 328 g/mol. The molecule has 0 aliphatic heterocycles. The van der Waals surface area contributed by atoms with Crippen LogP contribution >= 0.6 is 11.3 Å². The third-order valence-electron chi connectivity index (χ3n) is 5.37. The number of nitriles is 1. The van der Waals surface area contributed by atoms with E-state index in [9.17, 15) is 10.1 Å². The SMILES string of the molecule is N#Cc1c(NC(=O)[C@@H]2C[C@H]2c2ccccc2)sc2c1CCCCCC2. The minimum absolute atomic E-state index is 0.0404. The number of amides is 1. The number of fused-ring (bicyclic) bond motifs is 1. The summed E-state index contributed by atoms with van der Waals surface area (Å²) >= 11 is 1.63. The second-order valence-electron chi connectivity index (χ2n) is 7.08. The highest BCUT2D eigenvalue weighted by Crippen LogP contribution is 2.48. The number of aryl methyl sites for hydroxylation is 1. The van der Waals surface area contributed by atoms with E-state index < -0.39 is 0 Å². The Kier molecular flexibility index (Phi) is 4.59. The number of rotatable bonds is 3. The minimum atomic E-state index is 0.0404. The third-order valence-corrected chi connectivity index (χ3v) is 6.58. The molecule has 2 aromatic rings. The van der Waals surface area contributed by atoms with E-state index in [-0.39, 0.29) is 11.8 Å². The Labute approximate surface area is 152 Å². The van der Waals surface area contributed by atoms with Crippen molar-refractivity contribution in [2.24, 2.45) is 5.92 Å². The number of hydrogen-bond donors (Lipinski definition) is 1. The molecule has 1 fully saturated rings. The minimum Gasteiger partial charge on any atom is -0.316 e. The molecule has 1 amide bonds. The first-order chi connectivity index (χ1) is 12.3. The molecule has 128 valence electrons. The van der Waals surface area contributed by atoms with Crippen LogP contribution in [0.15, 0.2) is 30.3 Å². The van der Waals surface area contributed by atoms with Gasteiger partial charge in [0, 0.05) is 10.8 Å². The Balaban J connectivity index is 1.50. The van der Waals surface area contributed by atoms with Gasteiger partial charge >= 0.3 is 0 Å². The zero-order valence-corrected chi connectivity index (χ0v) is 15.1. The van der Waals surface area contributed by atoms with Crippen molar-refractivity contribution in [3.05, 3.63) is 51.9 Å². The van der Waals surface area contributed by atoms with E-state index in [1.165, 1.54) is 35.3 Å². The molecule has 2 aliphatic carbocycles. The van der Waals surface area contributed by atoms with Crippen molar-refractivity contribution in [2.45, 2.75) is 50.9 Å². The predicted molar refractivity (Wildman–Crippen MR) is 101 cm³/mol. The van der Waals surface area contributed by atoms with Gasteiger partial charge in [-0.3, -0.25) is 4.79 Å². The number of carbonyl (C=O) groups excluding carboxylic acids is 1. The zero-order chi connectivity index (χ0) is 17.2. The van der Waals surface area contributed by atoms with Gasteiger partial charge in [0.2, 0.25) is 5.91 Å². The maximum absolute atomic E-state index is 12.7. The molecule has 1 N–H and O–H groups in total. The van der Waals surface area contributed by atoms with Crippen LogP contribution in [0.1, 0.15) is 59.6 Å². The lowest BCUT2D eigenvalue weighted by molar-refractivity contribution is -0.117. The first-order valence-electron chi connectivity index (χ1n) is 9.18. The summed E-state index contributed by atoms with van der Waals surface area (Å²) in [6, 6.07) is 12.6. The third kappa shape index (κ3) is 3.34. The zero-order valence-electron chi connectivity index (χ0n) is 14.3. The number of nitrogens with zero attached hydrogens (tertiary/aromatic N) is 1. The smallest absolute Gasteiger partial charge is 0.228 e. The standard InChI is InChI=1S/C21H22N2OS/c22-13-18-15-10-6-1-2-7-11-19(15)25-21(18)23-20(24)17-12-16(17)14-8-4-3-5-9-14/h3-5,8-9,16-17H,1-2,6-7,10-12H2,(H,23,24)/t16-,17+/m0/s1. The van der Waals surface area contributed by atoms with E-state index in [4.69, 9.17) is 0 Å². The summed E-state index contributed by atoms with van der Waals surface area (Å²) in [7, 11) is 0. The molecule has 0 radical (unpaired) electrons. The average molecular weight is 350 g/mol. The van der Waals surface area contributed by atoms with Crippen LogP contribution in [0.2, 0.25) is 0 Å². The molecule has 4 rings (SSSR count). The molecule has 1 aromatic carbocycles. The van der Waals surface area contributed by atoms with E-state index in [2.05, 4.69) is 23.5 Å². The maximum atomic E-state index is 12.7. The Hall–Kier alpha value is -2.12. The lowest BCUT2D eigenvalue weighted by Gasteiger charge is -2.08. The normalized spacial score (nSPS) is 22.2. The Bertz CT molecular complexity index is 818. The highest BCUT2D eigenvalue weighted by atomic mass is 32.1. The summed E-state index contributed by atoms with van der Waals surface area (Å²) in [5.74, 6) is 0.436. The van der Waals surface area contributed by atoms with Crippen molar-refractivity contribution >= 4 is 22.2 Å². The quantitative estimate of drug-likeness (QED) is 0.845. The van der Waals surface area contributed by atoms with Gasteiger partial charge in [-0.1, -0.05) is 43.2 Å². The fourth-order valence-corrected chi connectivity index (χ4v) is 5.13. The van der Waals surface area contributed by atoms with Crippen molar-refractivity contribution in [1.82, 2.24) is 0 Å². The lowest BCUT2D eigenvalue weighted by Crippen LogP contribution is -2.14. The second-order valence-corrected chi connectivity index (χ2v) is 8.19. The largest absolute Gasteiger partial charge is 0.316 e. The molecule has 25 heavy (non-hydrogen) atoms. The predicted octanol–water partition coefficient (Wildman–Crippen LogP) is 5.02. The van der Waals surface area contributed by atoms with E-state index in [0.29, 0.717) is 11.5 Å². The van der Waals surface area contributed by atoms with Gasteiger partial charge in [-0.2, -0.15) is 5.26 Å². The summed E-state index contributed by atoms with van der Waals surface area (Å²) in [6.07, 6.45) is 7.75. The number of thiophene rings is 1. The molecule has 0 bridgehead atoms. The van der Waals surface area contributed by atoms with E-state index in [1.54, 1.807) is 11.3 Å².